The van der Waals surface area contributed by atoms with E-state index in [0.717, 1.165) is 4.47 Å². The van der Waals surface area contributed by atoms with Gasteiger partial charge in [0.2, 0.25) is 0 Å². The smallest absolute Gasteiger partial charge is 0.0297 e. The van der Waals surface area contributed by atoms with Crippen LogP contribution < -0.4 is 5.32 Å². The van der Waals surface area contributed by atoms with Crippen LogP contribution in [0, 0.1) is 0 Å². The Morgan fingerprint density at radius 2 is 1.30 bits per heavy atom. The predicted octanol–water partition coefficient (Wildman–Crippen LogP) is 5.58. The Morgan fingerprint density at radius 1 is 0.850 bits per heavy atom. The van der Waals surface area contributed by atoms with Crippen LogP contribution >= 0.6 is 27.7 Å². The molecule has 0 saturated carbocycles. The summed E-state index contributed by atoms with van der Waals surface area (Å²) in [4.78, 5) is 1.31. The number of hydrogen-bond donors (Lipinski definition) is 1. The van der Waals surface area contributed by atoms with Gasteiger partial charge in [-0.25, -0.2) is 0 Å². The van der Waals surface area contributed by atoms with Crippen molar-refractivity contribution < 1.29 is 0 Å². The third kappa shape index (κ3) is 4.11. The second-order valence-corrected chi connectivity index (χ2v) is 6.73. The predicted molar refractivity (Wildman–Crippen MR) is 92.3 cm³/mol. The summed E-state index contributed by atoms with van der Waals surface area (Å²) in [6.07, 6.45) is 2.10. The van der Waals surface area contributed by atoms with Gasteiger partial charge >= 0.3 is 0 Å². The second-order valence-electron chi connectivity index (χ2n) is 4.93. The lowest BCUT2D eigenvalue weighted by molar-refractivity contribution is 0.494. The molecule has 0 aliphatic rings. The molecular formula is C17H20BrNS. The molecule has 2 atom stereocenters. The van der Waals surface area contributed by atoms with Crippen molar-refractivity contribution in [2.75, 3.05) is 6.26 Å². The largest absolute Gasteiger partial charge is 0.304 e. The Kier molecular flexibility index (Phi) is 5.70. The van der Waals surface area contributed by atoms with Gasteiger partial charge in [0.15, 0.2) is 0 Å². The van der Waals surface area contributed by atoms with Gasteiger partial charge in [0.1, 0.15) is 0 Å². The van der Waals surface area contributed by atoms with Crippen molar-refractivity contribution >= 4 is 27.7 Å². The molecule has 106 valence electrons. The van der Waals surface area contributed by atoms with E-state index in [0.29, 0.717) is 12.1 Å². The fourth-order valence-corrected chi connectivity index (χ4v) is 2.88. The third-order valence-electron chi connectivity index (χ3n) is 3.49. The molecule has 0 bridgehead atoms. The van der Waals surface area contributed by atoms with Crippen molar-refractivity contribution in [3.8, 4) is 0 Å². The molecule has 0 heterocycles. The number of hydrogen-bond acceptors (Lipinski definition) is 2. The van der Waals surface area contributed by atoms with Crippen LogP contribution in [-0.4, -0.2) is 6.26 Å². The highest BCUT2D eigenvalue weighted by molar-refractivity contribution is 9.10. The highest BCUT2D eigenvalue weighted by atomic mass is 79.9. The van der Waals surface area contributed by atoms with E-state index >= 15 is 0 Å². The van der Waals surface area contributed by atoms with Gasteiger partial charge in [0.05, 0.1) is 0 Å². The molecule has 1 unspecified atom stereocenters. The lowest BCUT2D eigenvalue weighted by atomic mass is 10.0. The first-order valence-corrected chi connectivity index (χ1v) is 8.77. The Morgan fingerprint density at radius 3 is 1.75 bits per heavy atom. The van der Waals surface area contributed by atoms with E-state index < -0.39 is 0 Å². The van der Waals surface area contributed by atoms with Crippen molar-refractivity contribution in [1.29, 1.82) is 0 Å². The van der Waals surface area contributed by atoms with Crippen LogP contribution in [0.3, 0.4) is 0 Å². The minimum Gasteiger partial charge on any atom is -0.304 e. The normalized spacial score (nSPS) is 14.0. The quantitative estimate of drug-likeness (QED) is 0.706. The summed E-state index contributed by atoms with van der Waals surface area (Å²) in [6.45, 7) is 4.42. The Balaban J connectivity index is 2.02. The molecule has 0 aliphatic heterocycles. The van der Waals surface area contributed by atoms with Crippen LogP contribution in [0.2, 0.25) is 0 Å². The maximum absolute atomic E-state index is 3.65. The molecule has 1 N–H and O–H groups in total. The van der Waals surface area contributed by atoms with E-state index in [-0.39, 0.29) is 0 Å². The molecule has 0 radical (unpaired) electrons. The van der Waals surface area contributed by atoms with Crippen LogP contribution in [0.15, 0.2) is 57.9 Å². The second kappa shape index (κ2) is 7.30. The molecule has 0 spiro atoms. The van der Waals surface area contributed by atoms with Crippen molar-refractivity contribution in [2.45, 2.75) is 30.8 Å². The molecule has 2 aromatic rings. The fourth-order valence-electron chi connectivity index (χ4n) is 2.21. The van der Waals surface area contributed by atoms with Gasteiger partial charge in [-0.3, -0.25) is 0 Å². The highest BCUT2D eigenvalue weighted by Gasteiger charge is 2.11. The molecule has 2 aromatic carbocycles. The molecular weight excluding hydrogens is 330 g/mol. The van der Waals surface area contributed by atoms with Gasteiger partial charge in [-0.15, -0.1) is 11.8 Å². The average molecular weight is 350 g/mol. The zero-order chi connectivity index (χ0) is 14.5. The van der Waals surface area contributed by atoms with Gasteiger partial charge < -0.3 is 5.32 Å². The molecule has 2 rings (SSSR count). The first-order valence-electron chi connectivity index (χ1n) is 6.75. The molecule has 0 saturated heterocycles. The number of halogens is 1. The summed E-state index contributed by atoms with van der Waals surface area (Å²) in [6, 6.07) is 17.9. The lowest BCUT2D eigenvalue weighted by Gasteiger charge is -2.21. The van der Waals surface area contributed by atoms with E-state index in [1.807, 2.05) is 0 Å². The summed E-state index contributed by atoms with van der Waals surface area (Å²) in [5.74, 6) is 0. The molecule has 3 heteroatoms. The van der Waals surface area contributed by atoms with Gasteiger partial charge in [-0.05, 0) is 55.5 Å². The molecule has 0 aliphatic carbocycles. The summed E-state index contributed by atoms with van der Waals surface area (Å²) in [5, 5.41) is 3.65. The molecule has 20 heavy (non-hydrogen) atoms. The van der Waals surface area contributed by atoms with Gasteiger partial charge in [-0.1, -0.05) is 40.2 Å². The summed E-state index contributed by atoms with van der Waals surface area (Å²) >= 11 is 5.25. The van der Waals surface area contributed by atoms with E-state index in [1.54, 1.807) is 11.8 Å². The Labute approximate surface area is 134 Å². The Hall–Kier alpha value is -0.770. The highest BCUT2D eigenvalue weighted by Crippen LogP contribution is 2.23. The van der Waals surface area contributed by atoms with Crippen molar-refractivity contribution in [1.82, 2.24) is 5.32 Å². The standard InChI is InChI=1S/C17H20BrNS/c1-12(14-4-8-16(18)9-5-14)19-13(2)15-6-10-17(20-3)11-7-15/h4-13,19H,1-3H3/t12-,13?/m1/s1. The fraction of sp³-hybridized carbons (Fsp3) is 0.294. The van der Waals surface area contributed by atoms with E-state index in [1.165, 1.54) is 16.0 Å². The van der Waals surface area contributed by atoms with E-state index in [2.05, 4.69) is 89.9 Å². The molecule has 0 amide bonds. The van der Waals surface area contributed by atoms with Crippen LogP contribution in [-0.2, 0) is 0 Å². The molecule has 1 nitrogen and oxygen atoms in total. The zero-order valence-corrected chi connectivity index (χ0v) is 14.5. The number of rotatable bonds is 5. The maximum atomic E-state index is 3.65. The Bertz CT molecular complexity index is 536. The minimum atomic E-state index is 0.332. The van der Waals surface area contributed by atoms with Crippen LogP contribution in [0.4, 0.5) is 0 Å². The number of thioether (sulfide) groups is 1. The first kappa shape index (κ1) is 15.6. The average Bonchev–Trinajstić information content (AvgIpc) is 2.48. The van der Waals surface area contributed by atoms with Gasteiger partial charge in [0, 0.05) is 21.5 Å². The third-order valence-corrected chi connectivity index (χ3v) is 4.76. The van der Waals surface area contributed by atoms with E-state index in [4.69, 9.17) is 0 Å². The van der Waals surface area contributed by atoms with Gasteiger partial charge in [0.25, 0.3) is 0 Å². The van der Waals surface area contributed by atoms with Crippen LogP contribution in [0.25, 0.3) is 0 Å². The maximum Gasteiger partial charge on any atom is 0.0297 e. The van der Waals surface area contributed by atoms with E-state index in [9.17, 15) is 0 Å². The van der Waals surface area contributed by atoms with Crippen LogP contribution in [0.1, 0.15) is 37.1 Å². The number of benzene rings is 2. The number of nitrogens with one attached hydrogen (secondary N) is 1. The zero-order valence-electron chi connectivity index (χ0n) is 12.1. The first-order chi connectivity index (χ1) is 9.60. The van der Waals surface area contributed by atoms with Crippen molar-refractivity contribution in [3.05, 3.63) is 64.1 Å². The molecule has 0 aromatic heterocycles. The van der Waals surface area contributed by atoms with Gasteiger partial charge in [-0.2, -0.15) is 0 Å². The summed E-state index contributed by atoms with van der Waals surface area (Å²) in [5.41, 5.74) is 2.63. The molecule has 0 fully saturated rings. The minimum absolute atomic E-state index is 0.332. The topological polar surface area (TPSA) is 12.0 Å². The summed E-state index contributed by atoms with van der Waals surface area (Å²) < 4.78 is 1.12. The monoisotopic (exact) mass is 349 g/mol. The lowest BCUT2D eigenvalue weighted by Crippen LogP contribution is -2.22. The van der Waals surface area contributed by atoms with Crippen molar-refractivity contribution in [3.63, 3.8) is 0 Å². The SMILES string of the molecule is CSc1ccc(C(C)N[C@H](C)c2ccc(Br)cc2)cc1. The van der Waals surface area contributed by atoms with Crippen LogP contribution in [0.5, 0.6) is 0 Å². The summed E-state index contributed by atoms with van der Waals surface area (Å²) in [7, 11) is 0. The van der Waals surface area contributed by atoms with Crippen molar-refractivity contribution in [2.24, 2.45) is 0 Å².